The average molecular weight is 274 g/mol. The molecule has 0 saturated heterocycles. The molecule has 0 aliphatic rings. The van der Waals surface area contributed by atoms with E-state index in [-0.39, 0.29) is 5.15 Å². The molecule has 94 valence electrons. The molecule has 17 heavy (non-hydrogen) atoms. The van der Waals surface area contributed by atoms with Gasteiger partial charge in [0.2, 0.25) is 0 Å². The van der Waals surface area contributed by atoms with Gasteiger partial charge in [-0.25, -0.2) is 9.97 Å². The van der Waals surface area contributed by atoms with E-state index in [0.29, 0.717) is 23.7 Å². The Morgan fingerprint density at radius 3 is 2.88 bits per heavy atom. The summed E-state index contributed by atoms with van der Waals surface area (Å²) in [6.45, 7) is 2.10. The number of halogens is 1. The topological polar surface area (TPSA) is 46.1 Å². The summed E-state index contributed by atoms with van der Waals surface area (Å²) in [5.74, 6) is 1.66. The summed E-state index contributed by atoms with van der Waals surface area (Å²) >= 11 is 7.67. The molecule has 1 aromatic heterocycles. The highest BCUT2D eigenvalue weighted by Gasteiger charge is 2.17. The van der Waals surface area contributed by atoms with Crippen molar-refractivity contribution in [3.63, 3.8) is 0 Å². The van der Waals surface area contributed by atoms with E-state index < -0.39 is 0 Å². The Bertz CT molecular complexity index is 389. The molecule has 1 rings (SSSR count). The molecule has 0 fully saturated rings. The molecular weight excluding hydrogens is 258 g/mol. The molecule has 1 atom stereocenters. The lowest BCUT2D eigenvalue weighted by atomic mass is 10.2. The minimum atomic E-state index is 0.203. The smallest absolute Gasteiger partial charge is 0.156 e. The van der Waals surface area contributed by atoms with E-state index in [1.54, 1.807) is 11.8 Å². The Kier molecular flexibility index (Phi) is 5.71. The van der Waals surface area contributed by atoms with E-state index in [0.717, 1.165) is 12.2 Å². The predicted octanol–water partition coefficient (Wildman–Crippen LogP) is 2.52. The third-order valence-corrected chi connectivity index (χ3v) is 3.61. The molecule has 0 radical (unpaired) electrons. The zero-order valence-corrected chi connectivity index (χ0v) is 11.8. The first-order valence-corrected chi connectivity index (χ1v) is 7.06. The largest absolute Gasteiger partial charge is 0.356 e. The number of nitrogens with zero attached hydrogens (tertiary/aromatic N) is 3. The quantitative estimate of drug-likeness (QED) is 0.589. The highest BCUT2D eigenvalue weighted by atomic mass is 35.5. The van der Waals surface area contributed by atoms with Crippen molar-refractivity contribution in [3.8, 4) is 0 Å². The van der Waals surface area contributed by atoms with Gasteiger partial charge in [0, 0.05) is 13.1 Å². The van der Waals surface area contributed by atoms with E-state index in [9.17, 15) is 4.79 Å². The minimum Gasteiger partial charge on any atom is -0.356 e. The van der Waals surface area contributed by atoms with E-state index >= 15 is 0 Å². The number of aldehydes is 1. The standard InChI is InChI=1S/C11H16ClN3OS/c1-8(4-5-17-3)15(2)11-9(6-16)10(12)13-7-14-11/h6-8H,4-5H2,1-3H3. The fraction of sp³-hybridized carbons (Fsp3) is 0.545. The molecule has 0 amide bonds. The van der Waals surface area contributed by atoms with Crippen molar-refractivity contribution in [1.82, 2.24) is 9.97 Å². The van der Waals surface area contributed by atoms with Gasteiger partial charge >= 0.3 is 0 Å². The van der Waals surface area contributed by atoms with Crippen LogP contribution in [0, 0.1) is 0 Å². The molecule has 6 heteroatoms. The summed E-state index contributed by atoms with van der Waals surface area (Å²) in [7, 11) is 1.91. The van der Waals surface area contributed by atoms with Crippen molar-refractivity contribution >= 4 is 35.5 Å². The lowest BCUT2D eigenvalue weighted by Gasteiger charge is -2.26. The summed E-state index contributed by atoms with van der Waals surface area (Å²) in [4.78, 5) is 20.9. The van der Waals surface area contributed by atoms with Crippen molar-refractivity contribution in [1.29, 1.82) is 0 Å². The van der Waals surface area contributed by atoms with Crippen LogP contribution in [-0.4, -0.2) is 41.4 Å². The summed E-state index contributed by atoms with van der Waals surface area (Å²) < 4.78 is 0. The molecule has 0 spiro atoms. The molecule has 0 aliphatic heterocycles. The van der Waals surface area contributed by atoms with Gasteiger partial charge in [-0.1, -0.05) is 11.6 Å². The molecule has 4 nitrogen and oxygen atoms in total. The summed E-state index contributed by atoms with van der Waals surface area (Å²) in [5.41, 5.74) is 0.354. The molecule has 1 unspecified atom stereocenters. The fourth-order valence-electron chi connectivity index (χ4n) is 1.44. The molecule has 1 heterocycles. The Hall–Kier alpha value is -0.810. The van der Waals surface area contributed by atoms with Gasteiger partial charge in [0.15, 0.2) is 6.29 Å². The molecule has 0 saturated carbocycles. The van der Waals surface area contributed by atoms with Crippen LogP contribution in [0.15, 0.2) is 6.33 Å². The van der Waals surface area contributed by atoms with E-state index in [2.05, 4.69) is 23.1 Å². The number of anilines is 1. The van der Waals surface area contributed by atoms with Gasteiger partial charge in [0.05, 0.1) is 5.56 Å². The van der Waals surface area contributed by atoms with Crippen LogP contribution in [0.2, 0.25) is 5.15 Å². The average Bonchev–Trinajstić information content (AvgIpc) is 2.34. The molecule has 0 aromatic carbocycles. The number of thioether (sulfide) groups is 1. The van der Waals surface area contributed by atoms with Crippen LogP contribution >= 0.6 is 23.4 Å². The monoisotopic (exact) mass is 273 g/mol. The third-order valence-electron chi connectivity index (χ3n) is 2.67. The second-order valence-electron chi connectivity index (χ2n) is 3.76. The third kappa shape index (κ3) is 3.57. The number of aromatic nitrogens is 2. The zero-order valence-electron chi connectivity index (χ0n) is 10.2. The van der Waals surface area contributed by atoms with Gasteiger partial charge in [-0.05, 0) is 25.4 Å². The van der Waals surface area contributed by atoms with Gasteiger partial charge in [0.25, 0.3) is 0 Å². The first-order chi connectivity index (χ1) is 8.11. The predicted molar refractivity (Wildman–Crippen MR) is 73.3 cm³/mol. The van der Waals surface area contributed by atoms with Crippen molar-refractivity contribution in [2.24, 2.45) is 0 Å². The summed E-state index contributed by atoms with van der Waals surface area (Å²) in [5, 5.41) is 0.203. The maximum Gasteiger partial charge on any atom is 0.156 e. The van der Waals surface area contributed by atoms with Crippen molar-refractivity contribution in [2.45, 2.75) is 19.4 Å². The molecule has 0 aliphatic carbocycles. The fourth-order valence-corrected chi connectivity index (χ4v) is 2.19. The Morgan fingerprint density at radius 2 is 2.29 bits per heavy atom. The van der Waals surface area contributed by atoms with E-state index in [1.807, 2.05) is 11.9 Å². The Labute approximate surface area is 111 Å². The van der Waals surface area contributed by atoms with Gasteiger partial charge in [-0.3, -0.25) is 4.79 Å². The van der Waals surface area contributed by atoms with Gasteiger partial charge in [-0.2, -0.15) is 11.8 Å². The SMILES string of the molecule is CSCCC(C)N(C)c1ncnc(Cl)c1C=O. The molecule has 0 bridgehead atoms. The molecule has 1 aromatic rings. The molecular formula is C11H16ClN3OS. The maximum absolute atomic E-state index is 11.0. The number of carbonyl (C=O) groups is 1. The van der Waals surface area contributed by atoms with Crippen LogP contribution in [0.5, 0.6) is 0 Å². The highest BCUT2D eigenvalue weighted by Crippen LogP contribution is 2.22. The van der Waals surface area contributed by atoms with Crippen molar-refractivity contribution in [3.05, 3.63) is 17.0 Å². The number of hydrogen-bond donors (Lipinski definition) is 0. The van der Waals surface area contributed by atoms with Crippen LogP contribution in [0.25, 0.3) is 0 Å². The zero-order chi connectivity index (χ0) is 12.8. The Morgan fingerprint density at radius 1 is 1.59 bits per heavy atom. The normalized spacial score (nSPS) is 12.2. The minimum absolute atomic E-state index is 0.203. The van der Waals surface area contributed by atoms with Crippen LogP contribution in [-0.2, 0) is 0 Å². The number of hydrogen-bond acceptors (Lipinski definition) is 5. The summed E-state index contributed by atoms with van der Waals surface area (Å²) in [6.07, 6.45) is 5.18. The molecule has 0 N–H and O–H groups in total. The van der Waals surface area contributed by atoms with Crippen molar-refractivity contribution in [2.75, 3.05) is 24.0 Å². The van der Waals surface area contributed by atoms with Crippen LogP contribution < -0.4 is 4.90 Å². The second-order valence-corrected chi connectivity index (χ2v) is 5.10. The van der Waals surface area contributed by atoms with Crippen LogP contribution in [0.1, 0.15) is 23.7 Å². The second kappa shape index (κ2) is 6.81. The summed E-state index contributed by atoms with van der Waals surface area (Å²) in [6, 6.07) is 0.298. The van der Waals surface area contributed by atoms with E-state index in [1.165, 1.54) is 6.33 Å². The van der Waals surface area contributed by atoms with Crippen molar-refractivity contribution < 1.29 is 4.79 Å². The highest BCUT2D eigenvalue weighted by molar-refractivity contribution is 7.98. The lowest BCUT2D eigenvalue weighted by molar-refractivity contribution is 0.112. The first kappa shape index (κ1) is 14.3. The van der Waals surface area contributed by atoms with E-state index in [4.69, 9.17) is 11.6 Å². The van der Waals surface area contributed by atoms with Crippen LogP contribution in [0.4, 0.5) is 5.82 Å². The van der Waals surface area contributed by atoms with Gasteiger partial charge < -0.3 is 4.90 Å². The maximum atomic E-state index is 11.0. The Balaban J connectivity index is 2.91. The lowest BCUT2D eigenvalue weighted by Crippen LogP contribution is -2.31. The van der Waals surface area contributed by atoms with Crippen LogP contribution in [0.3, 0.4) is 0 Å². The van der Waals surface area contributed by atoms with Gasteiger partial charge in [-0.15, -0.1) is 0 Å². The van der Waals surface area contributed by atoms with Gasteiger partial charge in [0.1, 0.15) is 17.3 Å². The first-order valence-electron chi connectivity index (χ1n) is 5.29. The number of rotatable bonds is 6. The number of carbonyl (C=O) groups excluding carboxylic acids is 1.